The lowest BCUT2D eigenvalue weighted by Crippen LogP contribution is -2.51. The molecule has 3 nitrogen and oxygen atoms in total. The molecule has 1 aliphatic rings. The van der Waals surface area contributed by atoms with Crippen LogP contribution in [-0.4, -0.2) is 22.8 Å². The zero-order valence-corrected chi connectivity index (χ0v) is 14.1. The van der Waals surface area contributed by atoms with Crippen LogP contribution in [0.25, 0.3) is 11.0 Å². The summed E-state index contributed by atoms with van der Waals surface area (Å²) in [5.74, 6) is 0.963. The van der Waals surface area contributed by atoms with Gasteiger partial charge < -0.3 is 9.30 Å². The van der Waals surface area contributed by atoms with Gasteiger partial charge in [0.2, 0.25) is 0 Å². The highest BCUT2D eigenvalue weighted by molar-refractivity contribution is 6.20. The quantitative estimate of drug-likeness (QED) is 0.773. The molecule has 0 amide bonds. The predicted octanol–water partition coefficient (Wildman–Crippen LogP) is 4.63. The van der Waals surface area contributed by atoms with E-state index in [0.29, 0.717) is 12.1 Å². The predicted molar refractivity (Wildman–Crippen MR) is 87.0 cm³/mol. The van der Waals surface area contributed by atoms with E-state index in [2.05, 4.69) is 43.5 Å². The molecule has 0 aliphatic heterocycles. The number of methoxy groups -OCH3 is 1. The van der Waals surface area contributed by atoms with Crippen molar-refractivity contribution in [3.8, 4) is 0 Å². The van der Waals surface area contributed by atoms with Gasteiger partial charge in [-0.05, 0) is 38.0 Å². The molecule has 3 rings (SSSR count). The zero-order chi connectivity index (χ0) is 15.4. The maximum Gasteiger partial charge on any atom is 0.127 e. The van der Waals surface area contributed by atoms with Gasteiger partial charge in [0.05, 0.1) is 22.5 Å². The van der Waals surface area contributed by atoms with Crippen molar-refractivity contribution in [2.24, 2.45) is 5.41 Å². The number of alkyl halides is 1. The van der Waals surface area contributed by atoms with Crippen molar-refractivity contribution in [3.63, 3.8) is 0 Å². The summed E-state index contributed by atoms with van der Waals surface area (Å²) in [6.45, 7) is 8.61. The molecule has 1 aromatic heterocycles. The Bertz CT molecular complexity index is 675. The lowest BCUT2D eigenvalue weighted by Gasteiger charge is -2.52. The van der Waals surface area contributed by atoms with Crippen LogP contribution >= 0.6 is 11.6 Å². The Balaban J connectivity index is 2.15. The van der Waals surface area contributed by atoms with Crippen LogP contribution in [-0.2, 0) is 4.74 Å². The van der Waals surface area contributed by atoms with Crippen molar-refractivity contribution in [2.75, 3.05) is 7.11 Å². The standard InChI is InChI=1S/C17H23ClN2O/c1-10-6-7-13-12(8-10)19-16(11(2)18)20(13)14-9-15(21-5)17(14,3)4/h6-8,11,14-15H,9H2,1-5H3. The second-order valence-corrected chi connectivity index (χ2v) is 7.40. The molecule has 1 heterocycles. The monoisotopic (exact) mass is 306 g/mol. The van der Waals surface area contributed by atoms with E-state index in [1.807, 2.05) is 6.92 Å². The number of hydrogen-bond acceptors (Lipinski definition) is 2. The first-order valence-electron chi connectivity index (χ1n) is 7.51. The smallest absolute Gasteiger partial charge is 0.127 e. The molecule has 0 radical (unpaired) electrons. The first-order valence-corrected chi connectivity index (χ1v) is 7.95. The largest absolute Gasteiger partial charge is 0.381 e. The number of ether oxygens (including phenoxy) is 1. The minimum atomic E-state index is -0.102. The van der Waals surface area contributed by atoms with E-state index in [9.17, 15) is 0 Å². The van der Waals surface area contributed by atoms with Crippen LogP contribution in [0.15, 0.2) is 18.2 Å². The Morgan fingerprint density at radius 3 is 2.71 bits per heavy atom. The van der Waals surface area contributed by atoms with Crippen molar-refractivity contribution in [3.05, 3.63) is 29.6 Å². The highest BCUT2D eigenvalue weighted by atomic mass is 35.5. The summed E-state index contributed by atoms with van der Waals surface area (Å²) in [6, 6.07) is 6.82. The molecule has 0 N–H and O–H groups in total. The normalized spacial score (nSPS) is 25.8. The summed E-state index contributed by atoms with van der Waals surface area (Å²) in [4.78, 5) is 4.78. The number of nitrogens with zero attached hydrogens (tertiary/aromatic N) is 2. The molecule has 4 heteroatoms. The van der Waals surface area contributed by atoms with Crippen molar-refractivity contribution < 1.29 is 4.74 Å². The van der Waals surface area contributed by atoms with Crippen LogP contribution in [0.1, 0.15) is 50.0 Å². The zero-order valence-electron chi connectivity index (χ0n) is 13.4. The Morgan fingerprint density at radius 2 is 2.14 bits per heavy atom. The van der Waals surface area contributed by atoms with Crippen LogP contribution in [0.2, 0.25) is 0 Å². The maximum atomic E-state index is 6.39. The number of fused-ring (bicyclic) bond motifs is 1. The molecular formula is C17H23ClN2O. The fraction of sp³-hybridized carbons (Fsp3) is 0.588. The van der Waals surface area contributed by atoms with E-state index < -0.39 is 0 Å². The Hall–Kier alpha value is -1.06. The molecule has 1 aliphatic carbocycles. The molecule has 1 aromatic carbocycles. The van der Waals surface area contributed by atoms with Crippen LogP contribution in [0.5, 0.6) is 0 Å². The fourth-order valence-corrected chi connectivity index (χ4v) is 3.69. The average molecular weight is 307 g/mol. The number of hydrogen-bond donors (Lipinski definition) is 0. The second-order valence-electron chi connectivity index (χ2n) is 6.75. The van der Waals surface area contributed by atoms with Gasteiger partial charge in [-0.2, -0.15) is 0 Å². The summed E-state index contributed by atoms with van der Waals surface area (Å²) in [5, 5.41) is -0.102. The van der Waals surface area contributed by atoms with Crippen LogP contribution < -0.4 is 0 Å². The molecule has 21 heavy (non-hydrogen) atoms. The van der Waals surface area contributed by atoms with Crippen molar-refractivity contribution in [1.82, 2.24) is 9.55 Å². The molecule has 3 unspecified atom stereocenters. The van der Waals surface area contributed by atoms with Crippen LogP contribution in [0.4, 0.5) is 0 Å². The summed E-state index contributed by atoms with van der Waals surface area (Å²) in [5.41, 5.74) is 3.53. The van der Waals surface area contributed by atoms with E-state index in [1.54, 1.807) is 7.11 Å². The number of aromatic nitrogens is 2. The van der Waals surface area contributed by atoms with Crippen molar-refractivity contribution >= 4 is 22.6 Å². The topological polar surface area (TPSA) is 27.1 Å². The Kier molecular flexibility index (Phi) is 3.53. The molecule has 114 valence electrons. The summed E-state index contributed by atoms with van der Waals surface area (Å²) < 4.78 is 7.93. The number of aryl methyl sites for hydroxylation is 1. The minimum Gasteiger partial charge on any atom is -0.381 e. The molecule has 2 aromatic rings. The average Bonchev–Trinajstić information content (AvgIpc) is 2.76. The molecule has 1 fully saturated rings. The lowest BCUT2D eigenvalue weighted by molar-refractivity contribution is -0.112. The molecule has 0 spiro atoms. The SMILES string of the molecule is COC1CC(n2c(C(C)Cl)nc3cc(C)ccc32)C1(C)C. The number of rotatable bonds is 3. The fourth-order valence-electron chi connectivity index (χ4n) is 3.54. The van der Waals surface area contributed by atoms with Gasteiger partial charge in [-0.3, -0.25) is 0 Å². The number of halogens is 1. The van der Waals surface area contributed by atoms with Gasteiger partial charge >= 0.3 is 0 Å². The maximum absolute atomic E-state index is 6.39. The summed E-state index contributed by atoms with van der Waals surface area (Å²) >= 11 is 6.39. The summed E-state index contributed by atoms with van der Waals surface area (Å²) in [6.07, 6.45) is 1.31. The first-order chi connectivity index (χ1) is 9.86. The van der Waals surface area contributed by atoms with Crippen LogP contribution in [0, 0.1) is 12.3 Å². The molecule has 0 saturated heterocycles. The third kappa shape index (κ3) is 2.18. The number of imidazole rings is 1. The summed E-state index contributed by atoms with van der Waals surface area (Å²) in [7, 11) is 1.79. The van der Waals surface area contributed by atoms with E-state index in [4.69, 9.17) is 21.3 Å². The Morgan fingerprint density at radius 1 is 1.43 bits per heavy atom. The highest BCUT2D eigenvalue weighted by Crippen LogP contribution is 2.53. The van der Waals surface area contributed by atoms with Crippen molar-refractivity contribution in [2.45, 2.75) is 51.6 Å². The van der Waals surface area contributed by atoms with Crippen molar-refractivity contribution in [1.29, 1.82) is 0 Å². The van der Waals surface area contributed by atoms with Gasteiger partial charge in [-0.25, -0.2) is 4.98 Å². The van der Waals surface area contributed by atoms with Gasteiger partial charge in [0.1, 0.15) is 5.82 Å². The minimum absolute atomic E-state index is 0.0911. The number of benzene rings is 1. The van der Waals surface area contributed by atoms with Gasteiger partial charge in [0, 0.05) is 18.6 Å². The van der Waals surface area contributed by atoms with Crippen LogP contribution in [0.3, 0.4) is 0 Å². The van der Waals surface area contributed by atoms with E-state index in [0.717, 1.165) is 17.8 Å². The van der Waals surface area contributed by atoms with Gasteiger partial charge in [0.25, 0.3) is 0 Å². The molecule has 1 saturated carbocycles. The first kappa shape index (κ1) is 14.9. The van der Waals surface area contributed by atoms with Gasteiger partial charge in [-0.1, -0.05) is 19.9 Å². The lowest BCUT2D eigenvalue weighted by atomic mass is 9.64. The third-order valence-corrected chi connectivity index (χ3v) is 5.15. The van der Waals surface area contributed by atoms with E-state index in [-0.39, 0.29) is 10.8 Å². The molecular weight excluding hydrogens is 284 g/mol. The highest BCUT2D eigenvalue weighted by Gasteiger charge is 2.50. The van der Waals surface area contributed by atoms with E-state index in [1.165, 1.54) is 11.1 Å². The second kappa shape index (κ2) is 4.99. The Labute approximate surface area is 131 Å². The van der Waals surface area contributed by atoms with Gasteiger partial charge in [0.15, 0.2) is 0 Å². The van der Waals surface area contributed by atoms with E-state index >= 15 is 0 Å². The molecule has 0 bridgehead atoms. The third-order valence-electron chi connectivity index (χ3n) is 4.95. The van der Waals surface area contributed by atoms with Gasteiger partial charge in [-0.15, -0.1) is 11.6 Å². The molecule has 3 atom stereocenters.